The lowest BCUT2D eigenvalue weighted by Crippen LogP contribution is -2.61. The number of para-hydroxylation sites is 2. The van der Waals surface area contributed by atoms with Crippen LogP contribution < -0.4 is 26.2 Å². The van der Waals surface area contributed by atoms with E-state index in [1.807, 2.05) is 0 Å². The Morgan fingerprint density at radius 3 is 0.826 bits per heavy atom. The molecule has 3 heteroatoms. The quantitative estimate of drug-likeness (QED) is 0.105. The Kier molecular flexibility index (Phi) is 16.3. The molecule has 18 aromatic carbocycles. The van der Waals surface area contributed by atoms with Crippen molar-refractivity contribution in [1.82, 2.24) is 0 Å². The van der Waals surface area contributed by atoms with Crippen molar-refractivity contribution >= 4 is 122 Å². The third-order valence-electron chi connectivity index (χ3n) is 25.4. The number of fused-ring (bicyclic) bond motifs is 4. The van der Waals surface area contributed by atoms with Crippen LogP contribution in [-0.2, 0) is 27.1 Å². The Balaban J connectivity index is 0.968. The second-order valence-corrected chi connectivity index (χ2v) is 38.1. The van der Waals surface area contributed by atoms with Crippen LogP contribution in [0.5, 0.6) is 0 Å². The molecular formula is C112H97BN2. The summed E-state index contributed by atoms with van der Waals surface area (Å²) >= 11 is 0. The van der Waals surface area contributed by atoms with Gasteiger partial charge in [-0.05, 0) is 240 Å². The summed E-state index contributed by atoms with van der Waals surface area (Å²) in [6.45, 7) is 35.0. The molecule has 0 radical (unpaired) electrons. The van der Waals surface area contributed by atoms with Crippen LogP contribution in [0.4, 0.5) is 34.1 Å². The lowest BCUT2D eigenvalue weighted by atomic mass is 9.33. The van der Waals surface area contributed by atoms with Crippen molar-refractivity contribution in [2.75, 3.05) is 9.80 Å². The van der Waals surface area contributed by atoms with Crippen molar-refractivity contribution in [3.63, 3.8) is 0 Å². The number of benzene rings is 18. The first-order valence-corrected chi connectivity index (χ1v) is 41.4. The van der Waals surface area contributed by atoms with E-state index in [0.717, 1.165) is 89.8 Å². The maximum absolute atomic E-state index is 2.74. The standard InChI is InChI=1S/C112H97BN2/c1-108(2,3)82-50-46-68(47-51-82)79-64-99-105-100(65-79)115(107-89(71-34-24-18-25-35-71)40-29-41-90(107)72-36-26-19-27-37-72)98-63-74(92-61-81-59-84(110(7,8)9)55-76-43-45-78-57-86(112(13,14)15)67-94(92)104(78)102(76)81)49-53-96(98)113(105)95-52-48-73(62-97(95)114(99)106-87(69-30-20-16-21-31-69)38-28-39-88(106)70-32-22-17-23-33-70)91-60-80-58-83(109(4,5)6)54-75-42-44-77-56-85(111(10,11)12)66-93(91)103(77)101(75)80/h16-67H,1-15H3. The van der Waals surface area contributed by atoms with E-state index in [9.17, 15) is 0 Å². The van der Waals surface area contributed by atoms with E-state index in [2.05, 4.69) is 429 Å². The number of hydrogen-bond acceptors (Lipinski definition) is 2. The molecule has 0 aromatic heterocycles. The van der Waals surface area contributed by atoms with Crippen molar-refractivity contribution in [3.8, 4) is 77.9 Å². The molecule has 558 valence electrons. The Hall–Kier alpha value is -12.3. The van der Waals surface area contributed by atoms with Crippen molar-refractivity contribution in [3.05, 3.63) is 343 Å². The minimum atomic E-state index is -0.267. The van der Waals surface area contributed by atoms with Crippen LogP contribution in [0.25, 0.3) is 143 Å². The normalized spacial score (nSPS) is 13.3. The summed E-state index contributed by atoms with van der Waals surface area (Å²) in [5.41, 5.74) is 32.9. The molecule has 115 heavy (non-hydrogen) atoms. The second kappa shape index (κ2) is 26.1. The summed E-state index contributed by atoms with van der Waals surface area (Å²) in [6.07, 6.45) is 0. The third kappa shape index (κ3) is 11.9. The lowest BCUT2D eigenvalue weighted by molar-refractivity contribution is 0.590. The van der Waals surface area contributed by atoms with Gasteiger partial charge in [0.15, 0.2) is 0 Å². The van der Waals surface area contributed by atoms with Gasteiger partial charge in [-0.15, -0.1) is 0 Å². The van der Waals surface area contributed by atoms with Gasteiger partial charge in [-0.2, -0.15) is 0 Å². The van der Waals surface area contributed by atoms with E-state index in [0.29, 0.717) is 0 Å². The molecule has 2 aliphatic rings. The van der Waals surface area contributed by atoms with Crippen LogP contribution in [0.15, 0.2) is 315 Å². The molecule has 0 saturated heterocycles. The zero-order valence-corrected chi connectivity index (χ0v) is 69.0. The number of rotatable bonds is 9. The molecular weight excluding hydrogens is 1380 g/mol. The highest BCUT2D eigenvalue weighted by Gasteiger charge is 2.46. The molecule has 0 aliphatic carbocycles. The van der Waals surface area contributed by atoms with E-state index in [1.165, 1.54) is 131 Å². The van der Waals surface area contributed by atoms with E-state index >= 15 is 0 Å². The maximum atomic E-state index is 2.74. The van der Waals surface area contributed by atoms with Crippen molar-refractivity contribution in [2.24, 2.45) is 0 Å². The maximum Gasteiger partial charge on any atom is 0.252 e. The Bertz CT molecular complexity index is 6430. The molecule has 0 bridgehead atoms. The minimum Gasteiger partial charge on any atom is -0.310 e. The zero-order valence-electron chi connectivity index (χ0n) is 69.0. The summed E-state index contributed by atoms with van der Waals surface area (Å²) in [4.78, 5) is 5.48. The fourth-order valence-electron chi connectivity index (χ4n) is 19.2. The van der Waals surface area contributed by atoms with Crippen LogP contribution >= 0.6 is 0 Å². The van der Waals surface area contributed by atoms with E-state index in [4.69, 9.17) is 0 Å². The summed E-state index contributed by atoms with van der Waals surface area (Å²) in [5.74, 6) is 0. The monoisotopic (exact) mass is 1480 g/mol. The average Bonchev–Trinajstić information content (AvgIpc) is 0.686. The first-order chi connectivity index (χ1) is 55.2. The largest absolute Gasteiger partial charge is 0.310 e. The van der Waals surface area contributed by atoms with Crippen LogP contribution in [-0.4, -0.2) is 6.71 Å². The Morgan fingerprint density at radius 2 is 0.496 bits per heavy atom. The van der Waals surface area contributed by atoms with Gasteiger partial charge in [-0.3, -0.25) is 0 Å². The van der Waals surface area contributed by atoms with Crippen LogP contribution in [0, 0.1) is 0 Å². The van der Waals surface area contributed by atoms with Gasteiger partial charge in [0.1, 0.15) is 0 Å². The highest BCUT2D eigenvalue weighted by molar-refractivity contribution is 7.00. The van der Waals surface area contributed by atoms with Crippen LogP contribution in [0.3, 0.4) is 0 Å². The highest BCUT2D eigenvalue weighted by Crippen LogP contribution is 2.56. The summed E-state index contributed by atoms with van der Waals surface area (Å²) in [5, 5.41) is 15.5. The second-order valence-electron chi connectivity index (χ2n) is 38.1. The van der Waals surface area contributed by atoms with Crippen LogP contribution in [0.2, 0.25) is 0 Å². The third-order valence-corrected chi connectivity index (χ3v) is 25.4. The molecule has 2 heterocycles. The van der Waals surface area contributed by atoms with Gasteiger partial charge in [0.25, 0.3) is 6.71 Å². The summed E-state index contributed by atoms with van der Waals surface area (Å²) < 4.78 is 0. The highest BCUT2D eigenvalue weighted by atomic mass is 15.2. The van der Waals surface area contributed by atoms with E-state index in [1.54, 1.807) is 0 Å². The number of nitrogens with zero attached hydrogens (tertiary/aromatic N) is 2. The SMILES string of the molecule is CC(C)(C)c1ccc(-c2cc3c4c(c2)N(c2c(-c5ccccc5)cccc2-c2ccccc2)c2cc(-c5cc6cc(C(C)(C)C)cc7ccc8cc(C(C)(C)C)cc5c8c76)ccc2B4c2ccc(-c4cc5cc(C(C)(C)C)cc6ccc7cc(C(C)(C)C)cc4c7c65)cc2N3c2c(-c3ccccc3)cccc2-c2ccccc2)cc1. The topological polar surface area (TPSA) is 6.48 Å². The predicted molar refractivity (Wildman–Crippen MR) is 499 cm³/mol. The van der Waals surface area contributed by atoms with Crippen LogP contribution in [0.1, 0.15) is 132 Å². The van der Waals surface area contributed by atoms with Gasteiger partial charge in [-0.25, -0.2) is 0 Å². The van der Waals surface area contributed by atoms with Gasteiger partial charge in [0.2, 0.25) is 0 Å². The molecule has 0 unspecified atom stereocenters. The molecule has 2 aliphatic heterocycles. The van der Waals surface area contributed by atoms with Crippen molar-refractivity contribution < 1.29 is 0 Å². The molecule has 0 atom stereocenters. The van der Waals surface area contributed by atoms with Gasteiger partial charge in [0.05, 0.1) is 11.4 Å². The zero-order chi connectivity index (χ0) is 79.1. The van der Waals surface area contributed by atoms with Gasteiger partial charge < -0.3 is 9.80 Å². The van der Waals surface area contributed by atoms with E-state index in [-0.39, 0.29) is 33.8 Å². The van der Waals surface area contributed by atoms with Crippen molar-refractivity contribution in [2.45, 2.75) is 131 Å². The fraction of sp³-hybridized carbons (Fsp3) is 0.179. The van der Waals surface area contributed by atoms with Crippen molar-refractivity contribution in [1.29, 1.82) is 0 Å². The van der Waals surface area contributed by atoms with E-state index < -0.39 is 0 Å². The Morgan fingerprint density at radius 1 is 0.200 bits per heavy atom. The molecule has 0 amide bonds. The summed E-state index contributed by atoms with van der Waals surface area (Å²) in [6, 6.07) is 123. The molecule has 2 nitrogen and oxygen atoms in total. The first kappa shape index (κ1) is 71.7. The Labute approximate surface area is 679 Å². The minimum absolute atomic E-state index is 0.0673. The summed E-state index contributed by atoms with van der Waals surface area (Å²) in [7, 11) is 0. The first-order valence-electron chi connectivity index (χ1n) is 41.4. The molecule has 0 saturated carbocycles. The number of hydrogen-bond donors (Lipinski definition) is 0. The van der Waals surface area contributed by atoms with Gasteiger partial charge in [-0.1, -0.05) is 371 Å². The molecule has 0 N–H and O–H groups in total. The molecule has 0 fully saturated rings. The smallest absolute Gasteiger partial charge is 0.252 e. The van der Waals surface area contributed by atoms with Gasteiger partial charge >= 0.3 is 0 Å². The van der Waals surface area contributed by atoms with Gasteiger partial charge in [0, 0.05) is 45.0 Å². The molecule has 18 aromatic rings. The number of anilines is 6. The average molecular weight is 1480 g/mol. The fourth-order valence-corrected chi connectivity index (χ4v) is 19.2. The molecule has 20 rings (SSSR count). The molecule has 0 spiro atoms. The lowest BCUT2D eigenvalue weighted by Gasteiger charge is -2.46. The predicted octanol–water partition coefficient (Wildman–Crippen LogP) is 29.7.